The van der Waals surface area contributed by atoms with E-state index in [1.165, 1.54) is 28.6 Å². The Morgan fingerprint density at radius 3 is 2.74 bits per heavy atom. The second kappa shape index (κ2) is 8.16. The molecule has 0 spiro atoms. The molecule has 1 fully saturated rings. The molecule has 7 nitrogen and oxygen atoms in total. The van der Waals surface area contributed by atoms with Gasteiger partial charge in [-0.25, -0.2) is 8.42 Å². The van der Waals surface area contributed by atoms with Crippen molar-refractivity contribution in [3.63, 3.8) is 0 Å². The highest BCUT2D eigenvalue weighted by atomic mass is 35.5. The number of halogens is 1. The van der Waals surface area contributed by atoms with Gasteiger partial charge in [-0.3, -0.25) is 4.79 Å². The van der Waals surface area contributed by atoms with E-state index in [9.17, 15) is 18.1 Å². The molecule has 1 N–H and O–H groups in total. The van der Waals surface area contributed by atoms with Crippen molar-refractivity contribution < 1.29 is 13.2 Å². The zero-order valence-electron chi connectivity index (χ0n) is 14.3. The Kier molecular flexibility index (Phi) is 5.88. The van der Waals surface area contributed by atoms with Gasteiger partial charge in [0.15, 0.2) is 0 Å². The van der Waals surface area contributed by atoms with Gasteiger partial charge in [0.2, 0.25) is 10.0 Å². The number of sulfonamides is 1. The summed E-state index contributed by atoms with van der Waals surface area (Å²) in [7, 11) is -3.81. The summed E-state index contributed by atoms with van der Waals surface area (Å²) >= 11 is 5.91. The molecule has 1 unspecified atom stereocenters. The Morgan fingerprint density at radius 2 is 2.00 bits per heavy atom. The average molecular weight is 408 g/mol. The number of carbonyl (C=O) groups is 1. The summed E-state index contributed by atoms with van der Waals surface area (Å²) in [6.45, 7) is 0.260. The van der Waals surface area contributed by atoms with Crippen LogP contribution in [0.2, 0.25) is 5.02 Å². The van der Waals surface area contributed by atoms with Crippen LogP contribution in [-0.2, 0) is 10.0 Å². The van der Waals surface area contributed by atoms with Crippen molar-refractivity contribution in [1.29, 1.82) is 0 Å². The van der Waals surface area contributed by atoms with Gasteiger partial charge in [0, 0.05) is 28.9 Å². The van der Waals surface area contributed by atoms with Crippen LogP contribution in [0, 0.1) is 4.91 Å². The minimum absolute atomic E-state index is 0.0130. The normalized spacial score (nSPS) is 17.6. The lowest BCUT2D eigenvalue weighted by Gasteiger charge is -2.22. The van der Waals surface area contributed by atoms with E-state index in [-0.39, 0.29) is 17.0 Å². The SMILES string of the molecule is O=NCC1CCCN1S(=O)(=O)c1cccc(C(=O)Nc2cccc(Cl)c2)c1. The maximum absolute atomic E-state index is 12.9. The van der Waals surface area contributed by atoms with Crippen molar-refractivity contribution in [3.8, 4) is 0 Å². The molecule has 1 saturated heterocycles. The predicted octanol–water partition coefficient (Wildman–Crippen LogP) is 3.51. The van der Waals surface area contributed by atoms with Gasteiger partial charge < -0.3 is 5.32 Å². The largest absolute Gasteiger partial charge is 0.322 e. The van der Waals surface area contributed by atoms with Crippen molar-refractivity contribution in [1.82, 2.24) is 4.31 Å². The molecule has 27 heavy (non-hydrogen) atoms. The monoisotopic (exact) mass is 407 g/mol. The maximum atomic E-state index is 12.9. The second-order valence-corrected chi connectivity index (χ2v) is 8.54. The Balaban J connectivity index is 1.84. The number of benzene rings is 2. The van der Waals surface area contributed by atoms with E-state index in [0.717, 1.165) is 0 Å². The number of carbonyl (C=O) groups excluding carboxylic acids is 1. The molecule has 1 aliphatic heterocycles. The average Bonchev–Trinajstić information content (AvgIpc) is 3.11. The van der Waals surface area contributed by atoms with Crippen molar-refractivity contribution in [3.05, 3.63) is 64.0 Å². The van der Waals surface area contributed by atoms with Gasteiger partial charge in [-0.2, -0.15) is 9.21 Å². The first-order valence-electron chi connectivity index (χ1n) is 8.40. The molecule has 142 valence electrons. The van der Waals surface area contributed by atoms with Gasteiger partial charge in [-0.1, -0.05) is 28.9 Å². The number of hydrogen-bond acceptors (Lipinski definition) is 5. The van der Waals surface area contributed by atoms with Gasteiger partial charge in [0.05, 0.1) is 11.4 Å². The molecule has 1 heterocycles. The zero-order valence-corrected chi connectivity index (χ0v) is 15.9. The lowest BCUT2D eigenvalue weighted by molar-refractivity contribution is 0.102. The van der Waals surface area contributed by atoms with Gasteiger partial charge in [0.25, 0.3) is 5.91 Å². The number of nitroso groups, excluding NO2 is 1. The Labute approximate surface area is 162 Å². The molecule has 0 aliphatic carbocycles. The Bertz CT molecular complexity index is 965. The summed E-state index contributed by atoms with van der Waals surface area (Å²) in [5.41, 5.74) is 0.720. The quantitative estimate of drug-likeness (QED) is 0.741. The fraction of sp³-hybridized carbons (Fsp3) is 0.278. The van der Waals surface area contributed by atoms with Crippen molar-refractivity contribution in [2.45, 2.75) is 23.8 Å². The Morgan fingerprint density at radius 1 is 1.22 bits per heavy atom. The fourth-order valence-electron chi connectivity index (χ4n) is 3.10. The third-order valence-electron chi connectivity index (χ3n) is 4.39. The maximum Gasteiger partial charge on any atom is 0.255 e. The summed E-state index contributed by atoms with van der Waals surface area (Å²) < 4.78 is 27.2. The summed E-state index contributed by atoms with van der Waals surface area (Å²) in [6, 6.07) is 12.1. The molecular weight excluding hydrogens is 390 g/mol. The van der Waals surface area contributed by atoms with Crippen LogP contribution >= 0.6 is 11.6 Å². The number of rotatable bonds is 6. The highest BCUT2D eigenvalue weighted by Gasteiger charge is 2.35. The first kappa shape index (κ1) is 19.5. The van der Waals surface area contributed by atoms with E-state index in [4.69, 9.17) is 11.6 Å². The summed E-state index contributed by atoms with van der Waals surface area (Å²) in [5, 5.41) is 6.01. The standard InChI is InChI=1S/C18H18ClN3O4S/c19-14-5-2-6-15(11-14)21-18(23)13-4-1-8-17(10-13)27(25,26)22-9-3-7-16(22)12-20-24/h1-2,4-6,8,10-11,16H,3,7,9,12H2,(H,21,23). The highest BCUT2D eigenvalue weighted by molar-refractivity contribution is 7.89. The van der Waals surface area contributed by atoms with E-state index in [0.29, 0.717) is 30.1 Å². The molecule has 1 atom stereocenters. The number of nitrogens with zero attached hydrogens (tertiary/aromatic N) is 2. The third-order valence-corrected chi connectivity index (χ3v) is 6.58. The van der Waals surface area contributed by atoms with Crippen LogP contribution in [0.15, 0.2) is 58.6 Å². The van der Waals surface area contributed by atoms with E-state index >= 15 is 0 Å². The molecule has 1 amide bonds. The molecule has 1 aliphatic rings. The van der Waals surface area contributed by atoms with E-state index in [2.05, 4.69) is 10.5 Å². The lowest BCUT2D eigenvalue weighted by Crippen LogP contribution is -2.37. The predicted molar refractivity (Wildman–Crippen MR) is 103 cm³/mol. The molecule has 0 saturated carbocycles. The molecular formula is C18H18ClN3O4S. The summed E-state index contributed by atoms with van der Waals surface area (Å²) in [4.78, 5) is 23.1. The number of anilines is 1. The van der Waals surface area contributed by atoms with Crippen molar-refractivity contribution in [2.75, 3.05) is 18.4 Å². The molecule has 2 aromatic rings. The zero-order chi connectivity index (χ0) is 19.4. The molecule has 9 heteroatoms. The number of nitrogens with one attached hydrogen (secondary N) is 1. The van der Waals surface area contributed by atoms with Crippen LogP contribution in [0.5, 0.6) is 0 Å². The van der Waals surface area contributed by atoms with Crippen LogP contribution in [-0.4, -0.2) is 37.8 Å². The van der Waals surface area contributed by atoms with Crippen molar-refractivity contribution in [2.24, 2.45) is 5.18 Å². The van der Waals surface area contributed by atoms with Gasteiger partial charge >= 0.3 is 0 Å². The van der Waals surface area contributed by atoms with Crippen molar-refractivity contribution >= 4 is 33.2 Å². The summed E-state index contributed by atoms with van der Waals surface area (Å²) in [6.07, 6.45) is 1.27. The molecule has 0 bridgehead atoms. The third kappa shape index (κ3) is 4.35. The van der Waals surface area contributed by atoms with Crippen LogP contribution in [0.25, 0.3) is 0 Å². The minimum atomic E-state index is -3.81. The fourth-order valence-corrected chi connectivity index (χ4v) is 5.02. The molecule has 0 aromatic heterocycles. The lowest BCUT2D eigenvalue weighted by atomic mass is 10.2. The first-order chi connectivity index (χ1) is 12.9. The second-order valence-electron chi connectivity index (χ2n) is 6.22. The van der Waals surface area contributed by atoms with Crippen LogP contribution < -0.4 is 5.32 Å². The number of hydrogen-bond donors (Lipinski definition) is 1. The van der Waals surface area contributed by atoms with Crippen LogP contribution in [0.4, 0.5) is 5.69 Å². The Hall–Kier alpha value is -2.29. The van der Waals surface area contributed by atoms with Gasteiger partial charge in [0.1, 0.15) is 0 Å². The minimum Gasteiger partial charge on any atom is -0.322 e. The van der Waals surface area contributed by atoms with Crippen LogP contribution in [0.1, 0.15) is 23.2 Å². The molecule has 0 radical (unpaired) electrons. The summed E-state index contributed by atoms with van der Waals surface area (Å²) in [5.74, 6) is -0.443. The highest BCUT2D eigenvalue weighted by Crippen LogP contribution is 2.27. The molecule has 2 aromatic carbocycles. The molecule has 3 rings (SSSR count). The van der Waals surface area contributed by atoms with Crippen LogP contribution in [0.3, 0.4) is 0 Å². The number of amides is 1. The van der Waals surface area contributed by atoms with E-state index in [1.54, 1.807) is 24.3 Å². The van der Waals surface area contributed by atoms with Gasteiger partial charge in [-0.05, 0) is 49.2 Å². The topological polar surface area (TPSA) is 95.9 Å². The first-order valence-corrected chi connectivity index (χ1v) is 10.2. The van der Waals surface area contributed by atoms with E-state index < -0.39 is 22.0 Å². The van der Waals surface area contributed by atoms with E-state index in [1.807, 2.05) is 0 Å². The van der Waals surface area contributed by atoms with Gasteiger partial charge in [-0.15, -0.1) is 0 Å². The smallest absolute Gasteiger partial charge is 0.255 e.